The number of esters is 5. The van der Waals surface area contributed by atoms with Gasteiger partial charge in [0.1, 0.15) is 12.4 Å². The molecule has 0 radical (unpaired) electrons. The van der Waals surface area contributed by atoms with E-state index in [1.54, 1.807) is 19.2 Å². The Balaban J connectivity index is 0.000000119. The van der Waals surface area contributed by atoms with Gasteiger partial charge in [-0.15, -0.1) is 0 Å². The summed E-state index contributed by atoms with van der Waals surface area (Å²) in [6.45, 7) is 27.4. The lowest BCUT2D eigenvalue weighted by Crippen LogP contribution is -2.32. The van der Waals surface area contributed by atoms with E-state index in [1.807, 2.05) is 60.7 Å². The van der Waals surface area contributed by atoms with Gasteiger partial charge in [-0.2, -0.15) is 0 Å². The summed E-state index contributed by atoms with van der Waals surface area (Å²) in [7, 11) is 1.64. The van der Waals surface area contributed by atoms with Crippen molar-refractivity contribution in [1.29, 1.82) is 0 Å². The van der Waals surface area contributed by atoms with E-state index in [1.165, 1.54) is 66.6 Å². The van der Waals surface area contributed by atoms with Crippen molar-refractivity contribution < 1.29 is 66.7 Å². The second-order valence-electron chi connectivity index (χ2n) is 33.5. The summed E-state index contributed by atoms with van der Waals surface area (Å²) in [5.74, 6) is 1.70. The van der Waals surface area contributed by atoms with Crippen molar-refractivity contribution in [2.24, 2.45) is 56.7 Å². The van der Waals surface area contributed by atoms with Crippen LogP contribution in [0.15, 0.2) is 253 Å². The molecular weight excluding hydrogens is 1510 g/mol. The minimum absolute atomic E-state index is 0.0197. The Hall–Kier alpha value is -10.9. The van der Waals surface area contributed by atoms with Gasteiger partial charge in [-0.3, -0.25) is 34.1 Å². The van der Waals surface area contributed by atoms with E-state index < -0.39 is 22.3 Å². The van der Waals surface area contributed by atoms with Crippen LogP contribution in [0.1, 0.15) is 114 Å². The van der Waals surface area contributed by atoms with Crippen molar-refractivity contribution in [3.63, 3.8) is 0 Å². The molecule has 8 aromatic rings. The summed E-state index contributed by atoms with van der Waals surface area (Å²) in [5.41, 5.74) is 13.3. The van der Waals surface area contributed by atoms with E-state index in [0.29, 0.717) is 88.9 Å². The lowest BCUT2D eigenvalue weighted by Gasteiger charge is -2.25. The number of fused-ring (bicyclic) bond motifs is 7. The topological polar surface area (TPSA) is 208 Å². The number of amides is 2. The molecule has 16 nitrogen and oxygen atoms in total. The zero-order valence-electron chi connectivity index (χ0n) is 66.0. The molecule has 10 aliphatic rings. The molecule has 5 aliphatic heterocycles. The number of carbonyl (C=O) groups excluding carboxylic acids is 7. The minimum atomic E-state index is -0.521. The van der Waals surface area contributed by atoms with Gasteiger partial charge in [-0.05, 0) is 217 Å². The summed E-state index contributed by atoms with van der Waals surface area (Å²) in [6, 6.07) is 59.0. The molecule has 2 amide bonds. The van der Waals surface area contributed by atoms with Crippen LogP contribution in [-0.4, -0.2) is 95.1 Å². The van der Waals surface area contributed by atoms with Crippen LogP contribution in [-0.2, 0) is 90.9 Å². The molecule has 0 spiro atoms. The number of cyclic esters (lactones) is 5. The first-order valence-electron chi connectivity index (χ1n) is 39.9. The third kappa shape index (κ3) is 17.3. The van der Waals surface area contributed by atoms with Gasteiger partial charge in [-0.1, -0.05) is 218 Å². The number of halogens is 1. The Morgan fingerprint density at radius 3 is 1.31 bits per heavy atom. The third-order valence-electron chi connectivity index (χ3n) is 25.4. The molecule has 18 rings (SSSR count). The van der Waals surface area contributed by atoms with Crippen LogP contribution >= 0.6 is 15.9 Å². The molecule has 0 aromatic heterocycles. The smallest absolute Gasteiger partial charge is 0.411 e. The second kappa shape index (κ2) is 34.3. The van der Waals surface area contributed by atoms with Gasteiger partial charge in [0, 0.05) is 47.4 Å². The molecular formula is C98H101BrN2O14. The van der Waals surface area contributed by atoms with Crippen LogP contribution in [0, 0.1) is 63.6 Å². The number of methoxy groups -OCH3 is 1. The highest BCUT2D eigenvalue weighted by molar-refractivity contribution is 9.10. The molecule has 594 valence electrons. The molecule has 2 N–H and O–H groups in total. The van der Waals surface area contributed by atoms with Crippen molar-refractivity contribution in [2.45, 2.75) is 110 Å². The summed E-state index contributed by atoms with van der Waals surface area (Å²) in [5, 5.41) is 10.6. The highest BCUT2D eigenvalue weighted by atomic mass is 79.9. The molecule has 5 aliphatic carbocycles. The van der Waals surface area contributed by atoms with Gasteiger partial charge in [0.25, 0.3) is 5.91 Å². The number of hydrogen-bond acceptors (Lipinski definition) is 14. The maximum Gasteiger partial charge on any atom is 0.411 e. The number of nitrogens with one attached hydrogen (secondary N) is 2. The van der Waals surface area contributed by atoms with Gasteiger partial charge in [0.2, 0.25) is 0 Å². The minimum Gasteiger partial charge on any atom is -0.496 e. The number of rotatable bonds is 18. The second-order valence-corrected chi connectivity index (χ2v) is 34.3. The molecule has 115 heavy (non-hydrogen) atoms. The van der Waals surface area contributed by atoms with Gasteiger partial charge < -0.3 is 38.5 Å². The largest absolute Gasteiger partial charge is 0.496 e. The Kier molecular flexibility index (Phi) is 24.0. The highest BCUT2D eigenvalue weighted by Gasteiger charge is 2.60. The molecule has 1 unspecified atom stereocenters. The number of hydrogen-bond donors (Lipinski definition) is 2. The van der Waals surface area contributed by atoms with E-state index in [2.05, 4.69) is 183 Å². The van der Waals surface area contributed by atoms with Crippen molar-refractivity contribution >= 4 is 85.0 Å². The van der Waals surface area contributed by atoms with Crippen molar-refractivity contribution in [3.05, 3.63) is 298 Å². The van der Waals surface area contributed by atoms with Gasteiger partial charge in [0.05, 0.1) is 71.7 Å². The van der Waals surface area contributed by atoms with Gasteiger partial charge >= 0.3 is 35.9 Å². The molecule has 9 fully saturated rings. The number of allylic oxidation sites excluding steroid dienone is 5. The standard InChI is InChI=1S/C25H27NO3.C19H21NO4.2C19H18O2.C16H17BrO3/c1-17-3-5-19(6-4-17)11-12-26-23(27)21-9-7-20(8-10-21)15-25-14-18(2)13-22(25)16-29-24(25)28;1-3-8-23-18(22)20-16-6-4-14(5-7-16)11-19-10-13(2)9-15(19)12-24-17(19)21;2*1-13-8-17-12-21-18(20)19(17,10-13)11-14-6-7-15-4-2-3-5-16(15)9-14;1-10-5-12-9-20-15(18)16(12,7-10)8-11-3-4-14(19-2)13(17)6-11/h3-10,22H,2,11-16H2,1H3,(H,26,27);3-7,15H,1-2,8-12H2,(H,20,22);2-9,17H,10-12H2,1H3;2-7,9,17H,1,8,10-12H2;3-4,6,12H,1,5,7-9H2,2H3/t22-,25+;15-,19+;17?,19-;17-,19+;12-,16+/m11011/s1. The molecule has 4 saturated carbocycles. The Labute approximate surface area is 682 Å². The van der Waals surface area contributed by atoms with Gasteiger partial charge in [-0.25, -0.2) is 4.79 Å². The number of aryl methyl sites for hydroxylation is 1. The molecule has 8 aromatic carbocycles. The lowest BCUT2D eigenvalue weighted by molar-refractivity contribution is -0.147. The Morgan fingerprint density at radius 1 is 0.470 bits per heavy atom. The average Bonchev–Trinajstić information content (AvgIpc) is 1.62. The first-order valence-corrected chi connectivity index (χ1v) is 40.7. The molecule has 5 saturated heterocycles. The number of carbonyl (C=O) groups is 7. The monoisotopic (exact) mass is 1610 g/mol. The number of benzene rings is 8. The van der Waals surface area contributed by atoms with Crippen LogP contribution < -0.4 is 15.4 Å². The van der Waals surface area contributed by atoms with E-state index in [4.69, 9.17) is 33.2 Å². The zero-order valence-corrected chi connectivity index (χ0v) is 67.6. The number of anilines is 1. The van der Waals surface area contributed by atoms with E-state index >= 15 is 0 Å². The van der Waals surface area contributed by atoms with Crippen molar-refractivity contribution in [1.82, 2.24) is 5.32 Å². The lowest BCUT2D eigenvalue weighted by atomic mass is 9.74. The molecule has 5 heterocycles. The summed E-state index contributed by atoms with van der Waals surface area (Å²) < 4.78 is 37.7. The van der Waals surface area contributed by atoms with Crippen molar-refractivity contribution in [2.75, 3.05) is 58.6 Å². The first-order chi connectivity index (χ1) is 55.4. The Morgan fingerprint density at radius 2 is 0.861 bits per heavy atom. The summed E-state index contributed by atoms with van der Waals surface area (Å²) in [6.07, 6.45) is 14.9. The predicted octanol–water partition coefficient (Wildman–Crippen LogP) is 18.8. The van der Waals surface area contributed by atoms with Crippen molar-refractivity contribution in [3.8, 4) is 5.75 Å². The van der Waals surface area contributed by atoms with Crippen LogP contribution in [0.4, 0.5) is 10.5 Å². The predicted molar refractivity (Wildman–Crippen MR) is 449 cm³/mol. The molecule has 10 atom stereocenters. The average molecular weight is 1610 g/mol. The fraction of sp³-hybridized carbons (Fsp3) is 0.357. The van der Waals surface area contributed by atoms with Crippen LogP contribution in [0.25, 0.3) is 21.5 Å². The van der Waals surface area contributed by atoms with Crippen LogP contribution in [0.3, 0.4) is 0 Å². The maximum atomic E-state index is 12.4. The first kappa shape index (κ1) is 80.7. The maximum absolute atomic E-state index is 12.4. The summed E-state index contributed by atoms with van der Waals surface area (Å²) >= 11 is 3.50. The fourth-order valence-electron chi connectivity index (χ4n) is 19.5. The highest BCUT2D eigenvalue weighted by Crippen LogP contribution is 2.57. The number of ether oxygens (including phenoxy) is 7. The van der Waals surface area contributed by atoms with Crippen LogP contribution in [0.2, 0.25) is 0 Å². The fourth-order valence-corrected chi connectivity index (χ4v) is 20.1. The molecule has 0 bridgehead atoms. The zero-order chi connectivity index (χ0) is 80.8. The third-order valence-corrected chi connectivity index (χ3v) is 26.0. The normalized spacial score (nSPS) is 26.1. The van der Waals surface area contributed by atoms with E-state index in [9.17, 15) is 33.6 Å². The quantitative estimate of drug-likeness (QED) is 0.0465. The van der Waals surface area contributed by atoms with E-state index in [0.717, 1.165) is 102 Å². The van der Waals surface area contributed by atoms with E-state index in [-0.39, 0.29) is 76.9 Å². The SMILES string of the molecule is C=C1C[C@@H]2COC(=O)[C@]2(Cc2ccc(C(=O)NCCc3ccc(C)cc3)cc2)C1.C=C1C[C@@H]2COC(=O)[C@]2(Cc2ccc(OC)c(Br)c2)C1.C=C1C[C@@H]2COC(=O)[C@]2(Cc2ccc3ccccc3c2)C1.C=CCOC(=O)Nc1ccc(C[C@@]23CC(=C)C[C@@H]2COC3=O)cc1.CC1=CC2COC(=O)[C@]2(Cc2ccc3ccccc3c2)C1. The summed E-state index contributed by atoms with van der Waals surface area (Å²) in [4.78, 5) is 85.6. The Bertz CT molecular complexity index is 5180. The van der Waals surface area contributed by atoms with Crippen LogP contribution in [0.5, 0.6) is 5.75 Å². The molecule has 17 heteroatoms. The van der Waals surface area contributed by atoms with Gasteiger partial charge in [0.15, 0.2) is 0 Å².